The Bertz CT molecular complexity index is 934. The first kappa shape index (κ1) is 18.6. The van der Waals surface area contributed by atoms with Gasteiger partial charge in [0.1, 0.15) is 0 Å². The maximum atomic E-state index is 12.6. The first-order valence-corrected chi connectivity index (χ1v) is 8.98. The molecule has 0 atom stereocenters. The average molecular weight is 365 g/mol. The predicted molar refractivity (Wildman–Crippen MR) is 102 cm³/mol. The smallest absolute Gasteiger partial charge is 0.287 e. The molecular weight excluding hydrogens is 342 g/mol. The summed E-state index contributed by atoms with van der Waals surface area (Å²) in [5.41, 5.74) is 1.77. The van der Waals surface area contributed by atoms with Gasteiger partial charge < -0.3 is 10.6 Å². The summed E-state index contributed by atoms with van der Waals surface area (Å²) < 4.78 is 1.64. The van der Waals surface area contributed by atoms with Crippen molar-refractivity contribution >= 4 is 17.3 Å². The lowest BCUT2D eigenvalue weighted by atomic mass is 10.1. The van der Waals surface area contributed by atoms with Gasteiger partial charge in [0.2, 0.25) is 5.82 Å². The van der Waals surface area contributed by atoms with Gasteiger partial charge in [-0.15, -0.1) is 0 Å². The molecule has 140 valence electrons. The molecule has 0 bridgehead atoms. The van der Waals surface area contributed by atoms with Gasteiger partial charge in [0.25, 0.3) is 11.8 Å². The van der Waals surface area contributed by atoms with Gasteiger partial charge in [-0.3, -0.25) is 19.0 Å². The lowest BCUT2D eigenvalue weighted by Gasteiger charge is -2.06. The van der Waals surface area contributed by atoms with E-state index in [2.05, 4.69) is 34.4 Å². The third-order valence-corrected chi connectivity index (χ3v) is 4.18. The summed E-state index contributed by atoms with van der Waals surface area (Å²) in [4.78, 5) is 33.4. The summed E-state index contributed by atoms with van der Waals surface area (Å²) in [6.07, 6.45) is 5.97. The van der Waals surface area contributed by atoms with Crippen molar-refractivity contribution < 1.29 is 9.59 Å². The quantitative estimate of drug-likeness (QED) is 0.673. The molecule has 2 amide bonds. The third-order valence-electron chi connectivity index (χ3n) is 4.18. The molecule has 0 spiro atoms. The van der Waals surface area contributed by atoms with Gasteiger partial charge >= 0.3 is 0 Å². The molecule has 7 heteroatoms. The summed E-state index contributed by atoms with van der Waals surface area (Å²) in [6, 6.07) is 9.06. The molecule has 2 N–H and O–H groups in total. The lowest BCUT2D eigenvalue weighted by molar-refractivity contribution is 0.0941. The van der Waals surface area contributed by atoms with Crippen molar-refractivity contribution in [3.05, 3.63) is 66.0 Å². The van der Waals surface area contributed by atoms with E-state index < -0.39 is 0 Å². The summed E-state index contributed by atoms with van der Waals surface area (Å²) >= 11 is 0. The largest absolute Gasteiger partial charge is 0.349 e. The Hall–Kier alpha value is -3.22. The van der Waals surface area contributed by atoms with Gasteiger partial charge in [-0.2, -0.15) is 0 Å². The van der Waals surface area contributed by atoms with Gasteiger partial charge in [0.05, 0.1) is 5.52 Å². The van der Waals surface area contributed by atoms with E-state index in [1.54, 1.807) is 35.1 Å². The van der Waals surface area contributed by atoms with Crippen molar-refractivity contribution in [2.24, 2.45) is 5.92 Å². The molecule has 3 rings (SSSR count). The molecule has 0 aliphatic rings. The first-order valence-electron chi connectivity index (χ1n) is 8.98. The van der Waals surface area contributed by atoms with Gasteiger partial charge in [-0.25, -0.2) is 4.98 Å². The molecule has 0 aliphatic carbocycles. The molecule has 0 aliphatic heterocycles. The highest BCUT2D eigenvalue weighted by atomic mass is 16.2. The number of fused-ring (bicyclic) bond motifs is 1. The van der Waals surface area contributed by atoms with E-state index >= 15 is 0 Å². The number of amides is 2. The van der Waals surface area contributed by atoms with Crippen LogP contribution in [0.25, 0.3) is 5.52 Å². The zero-order valence-corrected chi connectivity index (χ0v) is 15.5. The minimum absolute atomic E-state index is 0.211. The lowest BCUT2D eigenvalue weighted by Crippen LogP contribution is -2.27. The van der Waals surface area contributed by atoms with Crippen molar-refractivity contribution in [2.75, 3.05) is 6.54 Å². The van der Waals surface area contributed by atoms with Crippen LogP contribution in [-0.2, 0) is 6.54 Å². The summed E-state index contributed by atoms with van der Waals surface area (Å²) in [6.45, 7) is 5.13. The van der Waals surface area contributed by atoms with Crippen LogP contribution >= 0.6 is 0 Å². The molecule has 0 fully saturated rings. The molecule has 0 radical (unpaired) electrons. The zero-order chi connectivity index (χ0) is 19.2. The first-order chi connectivity index (χ1) is 13.1. The van der Waals surface area contributed by atoms with Crippen LogP contribution < -0.4 is 10.6 Å². The van der Waals surface area contributed by atoms with Crippen LogP contribution in [0.4, 0.5) is 0 Å². The summed E-state index contributed by atoms with van der Waals surface area (Å²) in [5.74, 6) is 0.0991. The number of aromatic nitrogens is 3. The van der Waals surface area contributed by atoms with Crippen molar-refractivity contribution in [3.63, 3.8) is 0 Å². The Labute approximate surface area is 157 Å². The number of nitrogens with one attached hydrogen (secondary N) is 2. The van der Waals surface area contributed by atoms with E-state index in [0.29, 0.717) is 24.5 Å². The van der Waals surface area contributed by atoms with Crippen molar-refractivity contribution in [1.82, 2.24) is 25.0 Å². The fraction of sp³-hybridized carbons (Fsp3) is 0.300. The van der Waals surface area contributed by atoms with Crippen LogP contribution in [0.2, 0.25) is 0 Å². The minimum atomic E-state index is -0.322. The van der Waals surface area contributed by atoms with Crippen LogP contribution in [0.15, 0.2) is 48.9 Å². The van der Waals surface area contributed by atoms with Crippen molar-refractivity contribution in [3.8, 4) is 0 Å². The standard InChI is InChI=1S/C20H23N5O2/c1-14(2)6-11-22-20(27)18-24-17(16-5-3-4-12-25(16)18)19(26)23-13-15-7-9-21-10-8-15/h3-5,7-10,12,14H,6,11,13H2,1-2H3,(H,22,27)(H,23,26). The molecule has 0 aromatic carbocycles. The SMILES string of the molecule is CC(C)CCNC(=O)c1nc(C(=O)NCc2ccncc2)c2ccccn12. The number of nitrogens with zero attached hydrogens (tertiary/aromatic N) is 3. The monoisotopic (exact) mass is 365 g/mol. The number of carbonyl (C=O) groups is 2. The zero-order valence-electron chi connectivity index (χ0n) is 15.5. The topological polar surface area (TPSA) is 88.4 Å². The van der Waals surface area contributed by atoms with Crippen molar-refractivity contribution in [1.29, 1.82) is 0 Å². The average Bonchev–Trinajstić information content (AvgIpc) is 3.06. The fourth-order valence-electron chi connectivity index (χ4n) is 2.69. The Kier molecular flexibility index (Phi) is 5.80. The third kappa shape index (κ3) is 4.49. The predicted octanol–water partition coefficient (Wildman–Crippen LogP) is 2.44. The molecular formula is C20H23N5O2. The van der Waals surface area contributed by atoms with Gasteiger partial charge in [0, 0.05) is 31.7 Å². The molecule has 3 heterocycles. The highest BCUT2D eigenvalue weighted by Crippen LogP contribution is 2.14. The molecule has 27 heavy (non-hydrogen) atoms. The second kappa shape index (κ2) is 8.44. The van der Waals surface area contributed by atoms with Crippen LogP contribution in [-0.4, -0.2) is 32.7 Å². The summed E-state index contributed by atoms with van der Waals surface area (Å²) in [5, 5.41) is 5.72. The molecule has 3 aromatic heterocycles. The summed E-state index contributed by atoms with van der Waals surface area (Å²) in [7, 11) is 0. The minimum Gasteiger partial charge on any atom is -0.349 e. The molecule has 0 saturated heterocycles. The van der Waals surface area contributed by atoms with E-state index in [4.69, 9.17) is 0 Å². The molecule has 0 saturated carbocycles. The molecule has 0 unspecified atom stereocenters. The van der Waals surface area contributed by atoms with E-state index in [1.807, 2.05) is 18.2 Å². The highest BCUT2D eigenvalue weighted by Gasteiger charge is 2.21. The Balaban J connectivity index is 1.79. The Morgan fingerprint density at radius 1 is 1.07 bits per heavy atom. The van der Waals surface area contributed by atoms with E-state index in [9.17, 15) is 9.59 Å². The van der Waals surface area contributed by atoms with Gasteiger partial charge in [-0.05, 0) is 42.2 Å². The normalized spacial score (nSPS) is 10.9. The number of hydrogen-bond donors (Lipinski definition) is 2. The number of hydrogen-bond acceptors (Lipinski definition) is 4. The van der Waals surface area contributed by atoms with Gasteiger partial charge in [0.15, 0.2) is 5.69 Å². The van der Waals surface area contributed by atoms with Crippen LogP contribution in [0.3, 0.4) is 0 Å². The number of carbonyl (C=O) groups excluding carboxylic acids is 2. The van der Waals surface area contributed by atoms with E-state index in [0.717, 1.165) is 12.0 Å². The Morgan fingerprint density at radius 2 is 1.85 bits per heavy atom. The van der Waals surface area contributed by atoms with Crippen LogP contribution in [0.5, 0.6) is 0 Å². The van der Waals surface area contributed by atoms with E-state index in [-0.39, 0.29) is 23.3 Å². The van der Waals surface area contributed by atoms with Crippen LogP contribution in [0, 0.1) is 5.92 Å². The second-order valence-corrected chi connectivity index (χ2v) is 6.72. The molecule has 3 aromatic rings. The molecule has 7 nitrogen and oxygen atoms in total. The van der Waals surface area contributed by atoms with E-state index in [1.165, 1.54) is 0 Å². The Morgan fingerprint density at radius 3 is 2.59 bits per heavy atom. The number of pyridine rings is 2. The second-order valence-electron chi connectivity index (χ2n) is 6.72. The number of rotatable bonds is 7. The maximum Gasteiger partial charge on any atom is 0.287 e. The van der Waals surface area contributed by atoms with Crippen LogP contribution in [0.1, 0.15) is 46.9 Å². The van der Waals surface area contributed by atoms with Gasteiger partial charge in [-0.1, -0.05) is 19.9 Å². The maximum absolute atomic E-state index is 12.6. The van der Waals surface area contributed by atoms with Crippen molar-refractivity contribution in [2.45, 2.75) is 26.8 Å². The fourth-order valence-corrected chi connectivity index (χ4v) is 2.69. The highest BCUT2D eigenvalue weighted by molar-refractivity contribution is 6.02. The number of imidazole rings is 1.